The summed E-state index contributed by atoms with van der Waals surface area (Å²) >= 11 is 0. The van der Waals surface area contributed by atoms with E-state index in [0.29, 0.717) is 36.5 Å². The van der Waals surface area contributed by atoms with Crippen LogP contribution in [-0.4, -0.2) is 51.4 Å². The second-order valence-electron chi connectivity index (χ2n) is 9.00. The number of aryl methyl sites for hydroxylation is 1. The number of benzene rings is 1. The van der Waals surface area contributed by atoms with Crippen LogP contribution in [0.3, 0.4) is 0 Å². The van der Waals surface area contributed by atoms with Gasteiger partial charge in [-0.05, 0) is 42.7 Å². The molecule has 2 unspecified atom stereocenters. The van der Waals surface area contributed by atoms with Crippen molar-refractivity contribution >= 4 is 16.9 Å². The normalized spacial score (nSPS) is 19.9. The zero-order valence-corrected chi connectivity index (χ0v) is 20.2. The quantitative estimate of drug-likeness (QED) is 0.529. The molecule has 3 aromatic rings. The van der Waals surface area contributed by atoms with E-state index in [0.717, 1.165) is 18.4 Å². The maximum atomic E-state index is 13.5. The van der Waals surface area contributed by atoms with Crippen LogP contribution in [0.1, 0.15) is 44.0 Å². The number of aromatic nitrogens is 3. The number of alkyl halides is 2. The topological polar surface area (TPSA) is 96.5 Å². The van der Waals surface area contributed by atoms with E-state index < -0.39 is 6.29 Å². The number of nitriles is 1. The highest BCUT2D eigenvalue weighted by Gasteiger charge is 2.44. The first-order valence-electron chi connectivity index (χ1n) is 11.9. The minimum Gasteiger partial charge on any atom is -0.395 e. The van der Waals surface area contributed by atoms with Gasteiger partial charge in [0.2, 0.25) is 0 Å². The van der Waals surface area contributed by atoms with Crippen molar-refractivity contribution < 1.29 is 18.3 Å². The van der Waals surface area contributed by atoms with Crippen LogP contribution in [-0.2, 0) is 7.05 Å². The monoisotopic (exact) mass is 496 g/mol. The van der Waals surface area contributed by atoms with Gasteiger partial charge in [-0.25, -0.2) is 9.78 Å². The molecule has 0 saturated carbocycles. The van der Waals surface area contributed by atoms with Gasteiger partial charge >= 0.3 is 12.0 Å². The zero-order valence-electron chi connectivity index (χ0n) is 20.2. The maximum Gasteiger partial charge on any atom is 0.586 e. The highest BCUT2D eigenvalue weighted by atomic mass is 19.3. The standard InChI is InChI=1S/C25H26F2N6O3/c1-4-17-14-32(23-22-19(31(3)24(34)30-23)8-7-16(13-28)29-22)10-11-33(17)18(5-2)15-6-9-20-21(12-15)36-25(26,27)35-20/h6-9,12,17-18H,4-5,10-11,14H2,1-3H3. The second-order valence-corrected chi connectivity index (χ2v) is 9.00. The summed E-state index contributed by atoms with van der Waals surface area (Å²) in [4.78, 5) is 25.8. The Bertz CT molecular complexity index is 1420. The van der Waals surface area contributed by atoms with Crippen LogP contribution in [0.15, 0.2) is 35.1 Å². The van der Waals surface area contributed by atoms with Gasteiger partial charge in [0.1, 0.15) is 17.3 Å². The molecule has 9 nitrogen and oxygen atoms in total. The summed E-state index contributed by atoms with van der Waals surface area (Å²) < 4.78 is 37.7. The number of nitrogens with zero attached hydrogens (tertiary/aromatic N) is 6. The van der Waals surface area contributed by atoms with Gasteiger partial charge in [-0.15, -0.1) is 8.78 Å². The molecule has 5 rings (SSSR count). The van der Waals surface area contributed by atoms with Crippen molar-refractivity contribution in [3.05, 3.63) is 52.1 Å². The largest absolute Gasteiger partial charge is 0.586 e. The molecule has 1 fully saturated rings. The molecule has 0 amide bonds. The molecule has 2 atom stereocenters. The number of anilines is 1. The van der Waals surface area contributed by atoms with Crippen molar-refractivity contribution in [1.82, 2.24) is 19.4 Å². The fraction of sp³-hybridized carbons (Fsp3) is 0.440. The number of ether oxygens (including phenoxy) is 2. The lowest BCUT2D eigenvalue weighted by atomic mass is 9.97. The number of fused-ring (bicyclic) bond motifs is 2. The van der Waals surface area contributed by atoms with Gasteiger partial charge in [-0.2, -0.15) is 10.2 Å². The number of pyridine rings is 1. The van der Waals surface area contributed by atoms with Gasteiger partial charge in [-0.3, -0.25) is 9.47 Å². The first-order valence-corrected chi connectivity index (χ1v) is 11.9. The molecule has 4 heterocycles. The van der Waals surface area contributed by atoms with Crippen molar-refractivity contribution in [3.8, 4) is 17.6 Å². The summed E-state index contributed by atoms with van der Waals surface area (Å²) in [7, 11) is 1.63. The Morgan fingerprint density at radius 2 is 1.94 bits per heavy atom. The van der Waals surface area contributed by atoms with Crippen LogP contribution >= 0.6 is 0 Å². The predicted molar refractivity (Wildman–Crippen MR) is 128 cm³/mol. The Balaban J connectivity index is 1.45. The van der Waals surface area contributed by atoms with Crippen LogP contribution in [0.2, 0.25) is 0 Å². The molecule has 2 aliphatic rings. The van der Waals surface area contributed by atoms with E-state index in [1.54, 1.807) is 31.3 Å². The third-order valence-electron chi connectivity index (χ3n) is 6.95. The Labute approximate surface area is 206 Å². The molecule has 1 saturated heterocycles. The van der Waals surface area contributed by atoms with Crippen molar-refractivity contribution in [2.24, 2.45) is 7.05 Å². The average Bonchev–Trinajstić information content (AvgIpc) is 3.19. The molecule has 11 heteroatoms. The number of halogens is 2. The first kappa shape index (κ1) is 23.9. The molecular formula is C25H26F2N6O3. The number of piperazine rings is 1. The number of hydrogen-bond acceptors (Lipinski definition) is 8. The highest BCUT2D eigenvalue weighted by Crippen LogP contribution is 2.43. The molecular weight excluding hydrogens is 470 g/mol. The molecule has 36 heavy (non-hydrogen) atoms. The summed E-state index contributed by atoms with van der Waals surface area (Å²) in [6.45, 7) is 6.01. The highest BCUT2D eigenvalue weighted by molar-refractivity contribution is 5.86. The van der Waals surface area contributed by atoms with E-state index in [9.17, 15) is 18.8 Å². The lowest BCUT2D eigenvalue weighted by Gasteiger charge is -2.45. The maximum absolute atomic E-state index is 13.5. The van der Waals surface area contributed by atoms with Crippen molar-refractivity contribution in [3.63, 3.8) is 0 Å². The Morgan fingerprint density at radius 3 is 2.67 bits per heavy atom. The SMILES string of the molecule is CCC1CN(c2nc(=O)n(C)c3ccc(C#N)nc23)CCN1C(CC)c1ccc2c(c1)OC(F)(F)O2. The second kappa shape index (κ2) is 9.02. The Morgan fingerprint density at radius 1 is 1.17 bits per heavy atom. The van der Waals surface area contributed by atoms with Crippen molar-refractivity contribution in [2.75, 3.05) is 24.5 Å². The smallest absolute Gasteiger partial charge is 0.395 e. The van der Waals surface area contributed by atoms with Crippen LogP contribution in [0.4, 0.5) is 14.6 Å². The van der Waals surface area contributed by atoms with E-state index in [-0.39, 0.29) is 35.0 Å². The van der Waals surface area contributed by atoms with Gasteiger partial charge in [0, 0.05) is 38.8 Å². The summed E-state index contributed by atoms with van der Waals surface area (Å²) in [6.07, 6.45) is -2.05. The summed E-state index contributed by atoms with van der Waals surface area (Å²) in [5.41, 5.74) is 1.88. The van der Waals surface area contributed by atoms with E-state index in [2.05, 4.69) is 49.2 Å². The van der Waals surface area contributed by atoms with E-state index in [1.807, 2.05) is 0 Å². The van der Waals surface area contributed by atoms with Crippen LogP contribution < -0.4 is 20.1 Å². The summed E-state index contributed by atoms with van der Waals surface area (Å²) in [5.74, 6) is 0.544. The Kier molecular flexibility index (Phi) is 6.00. The van der Waals surface area contributed by atoms with Crippen molar-refractivity contribution in [2.45, 2.75) is 45.1 Å². The van der Waals surface area contributed by atoms with Crippen LogP contribution in [0, 0.1) is 11.3 Å². The molecule has 0 aliphatic carbocycles. The molecule has 0 radical (unpaired) electrons. The fourth-order valence-electron chi connectivity index (χ4n) is 5.16. The molecule has 0 N–H and O–H groups in total. The van der Waals surface area contributed by atoms with Gasteiger partial charge < -0.3 is 14.4 Å². The zero-order chi connectivity index (χ0) is 25.6. The van der Waals surface area contributed by atoms with E-state index >= 15 is 0 Å². The number of rotatable bonds is 5. The van der Waals surface area contributed by atoms with Gasteiger partial charge in [0.25, 0.3) is 0 Å². The fourth-order valence-corrected chi connectivity index (χ4v) is 5.16. The number of hydrogen-bond donors (Lipinski definition) is 0. The Hall–Kier alpha value is -3.78. The predicted octanol–water partition coefficient (Wildman–Crippen LogP) is 3.57. The molecule has 0 spiro atoms. The molecule has 0 bridgehead atoms. The molecule has 1 aromatic carbocycles. The molecule has 188 valence electrons. The lowest BCUT2D eigenvalue weighted by Crippen LogP contribution is -2.54. The van der Waals surface area contributed by atoms with E-state index in [1.165, 1.54) is 10.6 Å². The molecule has 2 aliphatic heterocycles. The minimum absolute atomic E-state index is 0.0168. The van der Waals surface area contributed by atoms with Crippen LogP contribution in [0.25, 0.3) is 11.0 Å². The summed E-state index contributed by atoms with van der Waals surface area (Å²) in [5, 5.41) is 9.34. The van der Waals surface area contributed by atoms with Gasteiger partial charge in [0.05, 0.1) is 5.52 Å². The third-order valence-corrected chi connectivity index (χ3v) is 6.95. The van der Waals surface area contributed by atoms with Gasteiger partial charge in [-0.1, -0.05) is 19.9 Å². The van der Waals surface area contributed by atoms with E-state index in [4.69, 9.17) is 0 Å². The van der Waals surface area contributed by atoms with Gasteiger partial charge in [0.15, 0.2) is 17.3 Å². The lowest BCUT2D eigenvalue weighted by molar-refractivity contribution is -0.286. The first-order chi connectivity index (χ1) is 17.2. The third kappa shape index (κ3) is 4.11. The molecule has 2 aromatic heterocycles. The average molecular weight is 497 g/mol. The van der Waals surface area contributed by atoms with Crippen molar-refractivity contribution in [1.29, 1.82) is 5.26 Å². The summed E-state index contributed by atoms with van der Waals surface area (Å²) in [6, 6.07) is 10.4. The van der Waals surface area contributed by atoms with Crippen LogP contribution in [0.5, 0.6) is 11.5 Å². The minimum atomic E-state index is -3.65.